The van der Waals surface area contributed by atoms with Crippen LogP contribution in [0.2, 0.25) is 0 Å². The SMILES string of the molecule is CC(C)(C)[C@@](C)(O)c1ncc[nH]1. The van der Waals surface area contributed by atoms with E-state index in [1.807, 2.05) is 20.8 Å². The van der Waals surface area contributed by atoms with Crippen molar-refractivity contribution in [2.45, 2.75) is 33.3 Å². The molecule has 0 amide bonds. The van der Waals surface area contributed by atoms with Gasteiger partial charge >= 0.3 is 0 Å². The minimum atomic E-state index is -0.906. The molecule has 1 aromatic heterocycles. The summed E-state index contributed by atoms with van der Waals surface area (Å²) in [4.78, 5) is 6.97. The number of aromatic amines is 1. The highest BCUT2D eigenvalue weighted by atomic mass is 16.3. The number of nitrogens with one attached hydrogen (secondary N) is 1. The monoisotopic (exact) mass is 168 g/mol. The summed E-state index contributed by atoms with van der Waals surface area (Å²) in [6.45, 7) is 7.71. The summed E-state index contributed by atoms with van der Waals surface area (Å²) in [6, 6.07) is 0. The topological polar surface area (TPSA) is 48.9 Å². The van der Waals surface area contributed by atoms with Gasteiger partial charge in [0.1, 0.15) is 11.4 Å². The van der Waals surface area contributed by atoms with Gasteiger partial charge in [0.25, 0.3) is 0 Å². The molecule has 0 spiro atoms. The third kappa shape index (κ3) is 1.37. The molecule has 0 aliphatic rings. The summed E-state index contributed by atoms with van der Waals surface area (Å²) in [5.74, 6) is 0.620. The Morgan fingerprint density at radius 1 is 1.33 bits per heavy atom. The molecule has 0 aromatic carbocycles. The van der Waals surface area contributed by atoms with Gasteiger partial charge in [-0.05, 0) is 12.3 Å². The summed E-state index contributed by atoms with van der Waals surface area (Å²) < 4.78 is 0. The molecular formula is C9H16N2O. The van der Waals surface area contributed by atoms with Crippen LogP contribution in [0, 0.1) is 5.41 Å². The fourth-order valence-corrected chi connectivity index (χ4v) is 0.887. The molecule has 0 aliphatic carbocycles. The van der Waals surface area contributed by atoms with E-state index in [9.17, 15) is 5.11 Å². The maximum atomic E-state index is 10.1. The quantitative estimate of drug-likeness (QED) is 0.670. The molecule has 1 heterocycles. The van der Waals surface area contributed by atoms with Crippen molar-refractivity contribution in [1.29, 1.82) is 0 Å². The smallest absolute Gasteiger partial charge is 0.138 e. The van der Waals surface area contributed by atoms with E-state index in [4.69, 9.17) is 0 Å². The number of imidazole rings is 1. The molecule has 1 aromatic rings. The van der Waals surface area contributed by atoms with Crippen molar-refractivity contribution < 1.29 is 5.11 Å². The predicted molar refractivity (Wildman–Crippen MR) is 47.6 cm³/mol. The highest BCUT2D eigenvalue weighted by Crippen LogP contribution is 2.36. The van der Waals surface area contributed by atoms with Crippen molar-refractivity contribution in [2.75, 3.05) is 0 Å². The van der Waals surface area contributed by atoms with Crippen LogP contribution in [0.3, 0.4) is 0 Å². The number of aliphatic hydroxyl groups is 1. The Morgan fingerprint density at radius 3 is 2.25 bits per heavy atom. The van der Waals surface area contributed by atoms with E-state index < -0.39 is 5.60 Å². The minimum Gasteiger partial charge on any atom is -0.382 e. The van der Waals surface area contributed by atoms with E-state index in [2.05, 4.69) is 9.97 Å². The molecule has 3 heteroatoms. The minimum absolute atomic E-state index is 0.217. The Kier molecular flexibility index (Phi) is 2.00. The van der Waals surface area contributed by atoms with E-state index in [1.165, 1.54) is 0 Å². The molecule has 0 unspecified atom stereocenters. The van der Waals surface area contributed by atoms with Crippen LogP contribution < -0.4 is 0 Å². The van der Waals surface area contributed by atoms with E-state index in [0.717, 1.165) is 0 Å². The summed E-state index contributed by atoms with van der Waals surface area (Å²) in [5.41, 5.74) is -1.12. The molecule has 0 saturated heterocycles. The number of H-pyrrole nitrogens is 1. The average Bonchev–Trinajstić information content (AvgIpc) is 2.34. The van der Waals surface area contributed by atoms with Crippen LogP contribution in [0.4, 0.5) is 0 Å². The van der Waals surface area contributed by atoms with Gasteiger partial charge in [0.15, 0.2) is 0 Å². The predicted octanol–water partition coefficient (Wildman–Crippen LogP) is 1.66. The first kappa shape index (κ1) is 9.26. The molecule has 0 saturated carbocycles. The maximum Gasteiger partial charge on any atom is 0.138 e. The van der Waals surface area contributed by atoms with Crippen molar-refractivity contribution in [1.82, 2.24) is 9.97 Å². The lowest BCUT2D eigenvalue weighted by atomic mass is 9.77. The zero-order valence-electron chi connectivity index (χ0n) is 8.05. The highest BCUT2D eigenvalue weighted by molar-refractivity contribution is 5.04. The Balaban J connectivity index is 3.02. The first-order valence-corrected chi connectivity index (χ1v) is 4.08. The van der Waals surface area contributed by atoms with Gasteiger partial charge in [-0.2, -0.15) is 0 Å². The van der Waals surface area contributed by atoms with Crippen molar-refractivity contribution in [3.8, 4) is 0 Å². The summed E-state index contributed by atoms with van der Waals surface area (Å²) in [7, 11) is 0. The fraction of sp³-hybridized carbons (Fsp3) is 0.667. The van der Waals surface area contributed by atoms with Crippen LogP contribution in [-0.2, 0) is 5.60 Å². The number of rotatable bonds is 1. The number of hydrogen-bond donors (Lipinski definition) is 2. The van der Waals surface area contributed by atoms with Gasteiger partial charge < -0.3 is 10.1 Å². The fourth-order valence-electron chi connectivity index (χ4n) is 0.887. The molecular weight excluding hydrogens is 152 g/mol. The number of nitrogens with zero attached hydrogens (tertiary/aromatic N) is 1. The second-order valence-corrected chi connectivity index (χ2v) is 4.26. The van der Waals surface area contributed by atoms with Crippen LogP contribution in [0.5, 0.6) is 0 Å². The molecule has 2 N–H and O–H groups in total. The Hall–Kier alpha value is -0.830. The van der Waals surface area contributed by atoms with E-state index in [1.54, 1.807) is 19.3 Å². The highest BCUT2D eigenvalue weighted by Gasteiger charge is 2.38. The third-order valence-electron chi connectivity index (χ3n) is 2.42. The Bertz CT molecular complexity index is 244. The molecule has 3 nitrogen and oxygen atoms in total. The summed E-state index contributed by atoms with van der Waals surface area (Å²) in [5, 5.41) is 10.1. The van der Waals surface area contributed by atoms with Crippen LogP contribution >= 0.6 is 0 Å². The van der Waals surface area contributed by atoms with Crippen molar-refractivity contribution >= 4 is 0 Å². The van der Waals surface area contributed by atoms with Crippen LogP contribution in [-0.4, -0.2) is 15.1 Å². The molecule has 0 radical (unpaired) electrons. The first-order valence-electron chi connectivity index (χ1n) is 4.08. The van der Waals surface area contributed by atoms with Gasteiger partial charge in [-0.25, -0.2) is 4.98 Å². The van der Waals surface area contributed by atoms with Crippen molar-refractivity contribution in [3.05, 3.63) is 18.2 Å². The molecule has 68 valence electrons. The Labute approximate surface area is 72.8 Å². The second-order valence-electron chi connectivity index (χ2n) is 4.26. The Morgan fingerprint density at radius 2 is 1.92 bits per heavy atom. The van der Waals surface area contributed by atoms with E-state index in [0.29, 0.717) is 5.82 Å². The summed E-state index contributed by atoms with van der Waals surface area (Å²) >= 11 is 0. The van der Waals surface area contributed by atoms with E-state index >= 15 is 0 Å². The van der Waals surface area contributed by atoms with Gasteiger partial charge in [-0.3, -0.25) is 0 Å². The summed E-state index contributed by atoms with van der Waals surface area (Å²) in [6.07, 6.45) is 3.37. The molecule has 1 atom stereocenters. The second kappa shape index (κ2) is 2.59. The van der Waals surface area contributed by atoms with E-state index in [-0.39, 0.29) is 5.41 Å². The largest absolute Gasteiger partial charge is 0.382 e. The molecule has 12 heavy (non-hydrogen) atoms. The molecule has 0 fully saturated rings. The average molecular weight is 168 g/mol. The van der Waals surface area contributed by atoms with Crippen LogP contribution in [0.1, 0.15) is 33.5 Å². The lowest BCUT2D eigenvalue weighted by Crippen LogP contribution is -2.37. The maximum absolute atomic E-state index is 10.1. The van der Waals surface area contributed by atoms with Gasteiger partial charge in [-0.1, -0.05) is 20.8 Å². The molecule has 1 rings (SSSR count). The van der Waals surface area contributed by atoms with Gasteiger partial charge in [0, 0.05) is 12.4 Å². The van der Waals surface area contributed by atoms with Gasteiger partial charge in [0.2, 0.25) is 0 Å². The van der Waals surface area contributed by atoms with Gasteiger partial charge in [0.05, 0.1) is 0 Å². The molecule has 0 bridgehead atoms. The number of aromatic nitrogens is 2. The third-order valence-corrected chi connectivity index (χ3v) is 2.42. The normalized spacial score (nSPS) is 17.4. The zero-order chi connectivity index (χ0) is 9.41. The molecule has 0 aliphatic heterocycles. The number of hydrogen-bond acceptors (Lipinski definition) is 2. The lowest BCUT2D eigenvalue weighted by Gasteiger charge is -2.35. The first-order chi connectivity index (χ1) is 5.36. The van der Waals surface area contributed by atoms with Gasteiger partial charge in [-0.15, -0.1) is 0 Å². The van der Waals surface area contributed by atoms with Crippen molar-refractivity contribution in [3.63, 3.8) is 0 Å². The lowest BCUT2D eigenvalue weighted by molar-refractivity contribution is -0.0538. The van der Waals surface area contributed by atoms with Crippen LogP contribution in [0.25, 0.3) is 0 Å². The zero-order valence-corrected chi connectivity index (χ0v) is 8.05. The van der Waals surface area contributed by atoms with Crippen molar-refractivity contribution in [2.24, 2.45) is 5.41 Å². The van der Waals surface area contributed by atoms with Crippen LogP contribution in [0.15, 0.2) is 12.4 Å². The standard InChI is InChI=1S/C9H16N2O/c1-8(2,3)9(4,12)7-10-5-6-11-7/h5-6,12H,1-4H3,(H,10,11)/t9-/m0/s1.